The zero-order valence-electron chi connectivity index (χ0n) is 18.0. The molecule has 0 saturated carbocycles. The quantitative estimate of drug-likeness (QED) is 0.513. The molecule has 1 amide bonds. The number of rotatable bonds is 6. The first kappa shape index (κ1) is 20.3. The van der Waals surface area contributed by atoms with Crippen molar-refractivity contribution in [3.05, 3.63) is 90.8 Å². The molecule has 1 saturated heterocycles. The molecule has 6 heteroatoms. The Kier molecular flexibility index (Phi) is 5.85. The van der Waals surface area contributed by atoms with Crippen LogP contribution in [0.25, 0.3) is 16.7 Å². The smallest absolute Gasteiger partial charge is 0.251 e. The van der Waals surface area contributed by atoms with Crippen LogP contribution in [0, 0.1) is 0 Å². The number of carbonyl (C=O) groups is 1. The molecular weight excluding hydrogens is 398 g/mol. The number of carbonyl (C=O) groups excluding carboxylic acids is 1. The fourth-order valence-corrected chi connectivity index (χ4v) is 4.24. The minimum Gasteiger partial charge on any atom is -0.369 e. The Bertz CT molecular complexity index is 1180. The van der Waals surface area contributed by atoms with Gasteiger partial charge in [-0.25, -0.2) is 4.98 Å². The summed E-state index contributed by atoms with van der Waals surface area (Å²) in [6.07, 6.45) is 1.82. The first-order valence-electron chi connectivity index (χ1n) is 11.1. The highest BCUT2D eigenvalue weighted by Crippen LogP contribution is 2.18. The third kappa shape index (κ3) is 4.36. The van der Waals surface area contributed by atoms with Crippen molar-refractivity contribution in [1.82, 2.24) is 19.8 Å². The molecule has 1 fully saturated rings. The molecule has 32 heavy (non-hydrogen) atoms. The standard InChI is InChI=1S/C26H27N5O/c32-26(27-14-15-29-16-18-30(19-17-29)22-6-2-1-3-7-22)21-10-12-23(13-11-21)31-20-28-24-8-4-5-9-25(24)31/h1-13,20H,14-19H2,(H,27,32). The van der Waals surface area contributed by atoms with Gasteiger partial charge in [0.15, 0.2) is 0 Å². The Morgan fingerprint density at radius 2 is 1.53 bits per heavy atom. The number of aromatic nitrogens is 2. The lowest BCUT2D eigenvalue weighted by Crippen LogP contribution is -2.48. The van der Waals surface area contributed by atoms with E-state index in [-0.39, 0.29) is 5.91 Å². The molecule has 6 nitrogen and oxygen atoms in total. The lowest BCUT2D eigenvalue weighted by atomic mass is 10.2. The number of anilines is 1. The highest BCUT2D eigenvalue weighted by Gasteiger charge is 2.17. The van der Waals surface area contributed by atoms with E-state index < -0.39 is 0 Å². The molecule has 0 bridgehead atoms. The Morgan fingerprint density at radius 3 is 2.31 bits per heavy atom. The maximum atomic E-state index is 12.6. The zero-order valence-corrected chi connectivity index (χ0v) is 18.0. The van der Waals surface area contributed by atoms with Gasteiger partial charge in [0.05, 0.1) is 11.0 Å². The highest BCUT2D eigenvalue weighted by atomic mass is 16.1. The van der Waals surface area contributed by atoms with Gasteiger partial charge in [-0.15, -0.1) is 0 Å². The van der Waals surface area contributed by atoms with Crippen LogP contribution in [0.3, 0.4) is 0 Å². The second-order valence-corrected chi connectivity index (χ2v) is 8.07. The van der Waals surface area contributed by atoms with Crippen LogP contribution in [0.5, 0.6) is 0 Å². The van der Waals surface area contributed by atoms with Gasteiger partial charge in [0, 0.05) is 56.2 Å². The molecule has 0 spiro atoms. The average molecular weight is 426 g/mol. The molecule has 5 rings (SSSR count). The predicted molar refractivity (Wildman–Crippen MR) is 128 cm³/mol. The van der Waals surface area contributed by atoms with Crippen molar-refractivity contribution in [1.29, 1.82) is 0 Å². The zero-order chi connectivity index (χ0) is 21.8. The number of para-hydroxylation sites is 3. The van der Waals surface area contributed by atoms with Gasteiger partial charge in [0.25, 0.3) is 5.91 Å². The highest BCUT2D eigenvalue weighted by molar-refractivity contribution is 5.94. The molecule has 1 aromatic heterocycles. The van der Waals surface area contributed by atoms with E-state index in [9.17, 15) is 4.79 Å². The number of hydrogen-bond donors (Lipinski definition) is 1. The summed E-state index contributed by atoms with van der Waals surface area (Å²) in [7, 11) is 0. The van der Waals surface area contributed by atoms with Crippen molar-refractivity contribution in [3.63, 3.8) is 0 Å². The molecule has 4 aromatic rings. The van der Waals surface area contributed by atoms with E-state index >= 15 is 0 Å². The summed E-state index contributed by atoms with van der Waals surface area (Å²) in [4.78, 5) is 21.8. The van der Waals surface area contributed by atoms with Crippen molar-refractivity contribution in [2.45, 2.75) is 0 Å². The first-order valence-corrected chi connectivity index (χ1v) is 11.1. The molecule has 162 valence electrons. The largest absolute Gasteiger partial charge is 0.369 e. The summed E-state index contributed by atoms with van der Waals surface area (Å²) >= 11 is 0. The van der Waals surface area contributed by atoms with Crippen LogP contribution in [0.15, 0.2) is 85.2 Å². The fourth-order valence-electron chi connectivity index (χ4n) is 4.24. The second-order valence-electron chi connectivity index (χ2n) is 8.07. The van der Waals surface area contributed by atoms with Crippen LogP contribution in [0.2, 0.25) is 0 Å². The van der Waals surface area contributed by atoms with Crippen LogP contribution in [-0.4, -0.2) is 59.6 Å². The number of benzene rings is 3. The molecule has 3 aromatic carbocycles. The van der Waals surface area contributed by atoms with Crippen molar-refractivity contribution in [3.8, 4) is 5.69 Å². The number of nitrogens with zero attached hydrogens (tertiary/aromatic N) is 4. The van der Waals surface area contributed by atoms with Gasteiger partial charge in [-0.1, -0.05) is 30.3 Å². The Labute approximate surface area is 188 Å². The van der Waals surface area contributed by atoms with Gasteiger partial charge >= 0.3 is 0 Å². The molecule has 1 N–H and O–H groups in total. The number of piperazine rings is 1. The van der Waals surface area contributed by atoms with Gasteiger partial charge in [0.1, 0.15) is 6.33 Å². The maximum Gasteiger partial charge on any atom is 0.251 e. The summed E-state index contributed by atoms with van der Waals surface area (Å²) in [5, 5.41) is 3.06. The van der Waals surface area contributed by atoms with Crippen molar-refractivity contribution in [2.24, 2.45) is 0 Å². The summed E-state index contributed by atoms with van der Waals surface area (Å²) in [5.74, 6) is -0.0324. The van der Waals surface area contributed by atoms with E-state index in [0.717, 1.165) is 49.4 Å². The van der Waals surface area contributed by atoms with E-state index in [4.69, 9.17) is 0 Å². The monoisotopic (exact) mass is 425 g/mol. The molecule has 0 aliphatic carbocycles. The van der Waals surface area contributed by atoms with Gasteiger partial charge in [-0.3, -0.25) is 14.3 Å². The summed E-state index contributed by atoms with van der Waals surface area (Å²) in [5.41, 5.74) is 4.96. The Balaban J connectivity index is 1.11. The Hall–Kier alpha value is -3.64. The Morgan fingerprint density at radius 1 is 0.812 bits per heavy atom. The molecule has 0 radical (unpaired) electrons. The minimum atomic E-state index is -0.0324. The topological polar surface area (TPSA) is 53.4 Å². The lowest BCUT2D eigenvalue weighted by Gasteiger charge is -2.36. The van der Waals surface area contributed by atoms with Crippen molar-refractivity contribution < 1.29 is 4.79 Å². The molecule has 1 aliphatic rings. The second kappa shape index (κ2) is 9.24. The number of fused-ring (bicyclic) bond motifs is 1. The van der Waals surface area contributed by atoms with E-state index in [1.54, 1.807) is 0 Å². The van der Waals surface area contributed by atoms with Crippen molar-refractivity contribution in [2.75, 3.05) is 44.2 Å². The molecular formula is C26H27N5O. The van der Waals surface area contributed by atoms with Gasteiger partial charge in [-0.2, -0.15) is 0 Å². The number of imidazole rings is 1. The maximum absolute atomic E-state index is 12.6. The van der Waals surface area contributed by atoms with Crippen molar-refractivity contribution >= 4 is 22.6 Å². The number of nitrogens with one attached hydrogen (secondary N) is 1. The van der Waals surface area contributed by atoms with Crippen LogP contribution in [0.1, 0.15) is 10.4 Å². The summed E-state index contributed by atoms with van der Waals surface area (Å²) < 4.78 is 2.03. The van der Waals surface area contributed by atoms with E-state index in [1.165, 1.54) is 5.69 Å². The third-order valence-corrected chi connectivity index (χ3v) is 6.07. The number of amides is 1. The van der Waals surface area contributed by atoms with E-state index in [2.05, 4.69) is 50.4 Å². The van der Waals surface area contributed by atoms with E-state index in [1.807, 2.05) is 59.4 Å². The van der Waals surface area contributed by atoms with E-state index in [0.29, 0.717) is 12.1 Å². The molecule has 1 aliphatic heterocycles. The molecule has 0 unspecified atom stereocenters. The predicted octanol–water partition coefficient (Wildman–Crippen LogP) is 3.58. The average Bonchev–Trinajstić information content (AvgIpc) is 3.29. The van der Waals surface area contributed by atoms with Gasteiger partial charge < -0.3 is 10.2 Å². The van der Waals surface area contributed by atoms with Crippen LogP contribution >= 0.6 is 0 Å². The van der Waals surface area contributed by atoms with Crippen LogP contribution in [-0.2, 0) is 0 Å². The first-order chi connectivity index (χ1) is 15.8. The summed E-state index contributed by atoms with van der Waals surface area (Å²) in [6.45, 7) is 5.58. The van der Waals surface area contributed by atoms with Gasteiger partial charge in [-0.05, 0) is 48.5 Å². The fraction of sp³-hybridized carbons (Fsp3) is 0.231. The molecule has 2 heterocycles. The van der Waals surface area contributed by atoms with Crippen LogP contribution < -0.4 is 10.2 Å². The van der Waals surface area contributed by atoms with Gasteiger partial charge in [0.2, 0.25) is 0 Å². The minimum absolute atomic E-state index is 0.0324. The lowest BCUT2D eigenvalue weighted by molar-refractivity contribution is 0.0948. The molecule has 0 atom stereocenters. The number of hydrogen-bond acceptors (Lipinski definition) is 4. The normalized spacial score (nSPS) is 14.6. The SMILES string of the molecule is O=C(NCCN1CCN(c2ccccc2)CC1)c1ccc(-n2cnc3ccccc32)cc1. The third-order valence-electron chi connectivity index (χ3n) is 6.07. The summed E-state index contributed by atoms with van der Waals surface area (Å²) in [6, 6.07) is 26.2. The van der Waals surface area contributed by atoms with Crippen LogP contribution in [0.4, 0.5) is 5.69 Å².